The number of thiol groups is 1. The number of nitrogens with two attached hydrogens (primary N) is 1. The predicted octanol–water partition coefficient (Wildman–Crippen LogP) is -0.180. The van der Waals surface area contributed by atoms with Crippen molar-refractivity contribution in [2.75, 3.05) is 19.6 Å². The maximum atomic E-state index is 8.81. The zero-order valence-electron chi connectivity index (χ0n) is 7.41. The Labute approximate surface area is 70.5 Å². The lowest BCUT2D eigenvalue weighted by Crippen LogP contribution is -2.21. The molecule has 0 bridgehead atoms. The summed E-state index contributed by atoms with van der Waals surface area (Å²) < 4.78 is 17.6. The molecule has 4 nitrogen and oxygen atoms in total. The van der Waals surface area contributed by atoms with Gasteiger partial charge in [-0.1, -0.05) is 20.8 Å². The molecule has 0 aromatic carbocycles. The van der Waals surface area contributed by atoms with E-state index in [9.17, 15) is 0 Å². The molecule has 0 saturated carbocycles. The molecular formula is C6H18N2O2S. The molecule has 0 spiro atoms. The zero-order chi connectivity index (χ0) is 9.28. The molecule has 0 heterocycles. The summed E-state index contributed by atoms with van der Waals surface area (Å²) in [5.74, 6) is 0. The highest BCUT2D eigenvalue weighted by Crippen LogP contribution is 1.81. The molecule has 0 unspecified atom stereocenters. The quantitative estimate of drug-likeness (QED) is 0.595. The molecule has 70 valence electrons. The molecule has 0 saturated heterocycles. The van der Waals surface area contributed by atoms with Crippen LogP contribution in [-0.2, 0) is 10.9 Å². The lowest BCUT2D eigenvalue weighted by atomic mass is 10.5. The standard InChI is InChI=1S/C6H15N.H3NO2S/c1-4-7(5-2)6-3;1-4(2)3/h4-6H2,1-3H3;4H,(H2,1,2,3). The van der Waals surface area contributed by atoms with Crippen molar-refractivity contribution >= 4 is 10.9 Å². The molecule has 0 fully saturated rings. The highest BCUT2D eigenvalue weighted by atomic mass is 32.2. The predicted molar refractivity (Wildman–Crippen MR) is 48.0 cm³/mol. The number of hydrogen-bond donors (Lipinski definition) is 2. The van der Waals surface area contributed by atoms with Gasteiger partial charge >= 0.3 is 0 Å². The van der Waals surface area contributed by atoms with Gasteiger partial charge in [0.1, 0.15) is 0 Å². The third kappa shape index (κ3) is 17.7. The second kappa shape index (κ2) is 9.87. The van der Waals surface area contributed by atoms with Gasteiger partial charge < -0.3 is 4.90 Å². The van der Waals surface area contributed by atoms with Gasteiger partial charge in [0, 0.05) is 0 Å². The van der Waals surface area contributed by atoms with Crippen LogP contribution in [0.25, 0.3) is 0 Å². The molecule has 0 aromatic heterocycles. The van der Waals surface area contributed by atoms with Crippen LogP contribution in [0.2, 0.25) is 0 Å². The topological polar surface area (TPSA) is 63.4 Å². The van der Waals surface area contributed by atoms with Gasteiger partial charge in [0.25, 0.3) is 0 Å². The Morgan fingerprint density at radius 3 is 1.27 bits per heavy atom. The molecule has 2 N–H and O–H groups in total. The second-order valence-corrected chi connectivity index (χ2v) is 2.48. The van der Waals surface area contributed by atoms with Crippen LogP contribution in [0.3, 0.4) is 0 Å². The molecule has 0 aliphatic carbocycles. The zero-order valence-corrected chi connectivity index (χ0v) is 8.30. The molecule has 0 rings (SSSR count). The average Bonchev–Trinajstić information content (AvgIpc) is 1.90. The van der Waals surface area contributed by atoms with E-state index in [1.165, 1.54) is 19.6 Å². The molecule has 0 aliphatic rings. The van der Waals surface area contributed by atoms with Crippen molar-refractivity contribution in [3.8, 4) is 0 Å². The van der Waals surface area contributed by atoms with Crippen LogP contribution < -0.4 is 5.14 Å². The van der Waals surface area contributed by atoms with Crippen LogP contribution in [0, 0.1) is 0 Å². The number of hydrogen-bond acceptors (Lipinski definition) is 3. The van der Waals surface area contributed by atoms with Crippen LogP contribution in [0.5, 0.6) is 0 Å². The third-order valence-electron chi connectivity index (χ3n) is 1.34. The Balaban J connectivity index is 0. The Bertz CT molecular complexity index is 119. The minimum absolute atomic E-state index is 1.19. The minimum Gasteiger partial charge on any atom is -0.304 e. The fourth-order valence-corrected chi connectivity index (χ4v) is 0.671. The lowest BCUT2D eigenvalue weighted by Gasteiger charge is -2.13. The Morgan fingerprint density at radius 2 is 1.27 bits per heavy atom. The molecule has 0 amide bonds. The van der Waals surface area contributed by atoms with Crippen molar-refractivity contribution in [2.24, 2.45) is 5.14 Å². The largest absolute Gasteiger partial charge is 0.304 e. The van der Waals surface area contributed by atoms with Gasteiger partial charge in [0.15, 0.2) is 10.9 Å². The van der Waals surface area contributed by atoms with E-state index in [0.29, 0.717) is 0 Å². The van der Waals surface area contributed by atoms with E-state index in [-0.39, 0.29) is 0 Å². The summed E-state index contributed by atoms with van der Waals surface area (Å²) in [6.07, 6.45) is 0. The molecule has 11 heavy (non-hydrogen) atoms. The van der Waals surface area contributed by atoms with E-state index in [4.69, 9.17) is 8.42 Å². The highest BCUT2D eigenvalue weighted by molar-refractivity contribution is 7.69. The molecule has 5 heteroatoms. The fraction of sp³-hybridized carbons (Fsp3) is 1.00. The van der Waals surface area contributed by atoms with Crippen molar-refractivity contribution in [2.45, 2.75) is 20.8 Å². The third-order valence-corrected chi connectivity index (χ3v) is 1.34. The first kappa shape index (κ1) is 13.5. The molecule has 0 atom stereocenters. The molecular weight excluding hydrogens is 164 g/mol. The maximum absolute atomic E-state index is 8.81. The van der Waals surface area contributed by atoms with Crippen molar-refractivity contribution in [3.63, 3.8) is 0 Å². The van der Waals surface area contributed by atoms with Crippen molar-refractivity contribution in [3.05, 3.63) is 0 Å². The first-order valence-corrected chi connectivity index (χ1v) is 4.94. The van der Waals surface area contributed by atoms with Gasteiger partial charge in [-0.3, -0.25) is 0 Å². The van der Waals surface area contributed by atoms with Crippen LogP contribution in [0.15, 0.2) is 0 Å². The smallest absolute Gasteiger partial charge is 0.198 e. The first-order valence-electron chi connectivity index (χ1n) is 3.69. The fourth-order valence-electron chi connectivity index (χ4n) is 0.671. The molecule has 0 aromatic rings. The monoisotopic (exact) mass is 182 g/mol. The Morgan fingerprint density at radius 1 is 1.09 bits per heavy atom. The number of rotatable bonds is 3. The van der Waals surface area contributed by atoms with E-state index in [1.54, 1.807) is 0 Å². The van der Waals surface area contributed by atoms with Gasteiger partial charge in [0.05, 0.1) is 0 Å². The molecule has 0 radical (unpaired) electrons. The Kier molecular flexibility index (Phi) is 12.1. The number of nitrogens with zero attached hydrogens (tertiary/aromatic N) is 1. The van der Waals surface area contributed by atoms with Gasteiger partial charge in [-0.25, -0.2) is 13.6 Å². The maximum Gasteiger partial charge on any atom is 0.198 e. The van der Waals surface area contributed by atoms with Gasteiger partial charge in [-0.2, -0.15) is 0 Å². The summed E-state index contributed by atoms with van der Waals surface area (Å²) in [5, 5.41) is 4.06. The van der Waals surface area contributed by atoms with E-state index in [2.05, 4.69) is 30.8 Å². The van der Waals surface area contributed by atoms with Crippen LogP contribution >= 0.6 is 0 Å². The van der Waals surface area contributed by atoms with Crippen molar-refractivity contribution in [1.82, 2.24) is 4.90 Å². The van der Waals surface area contributed by atoms with Crippen molar-refractivity contribution < 1.29 is 8.42 Å². The summed E-state index contributed by atoms with van der Waals surface area (Å²) in [7, 11) is -2.62. The van der Waals surface area contributed by atoms with Gasteiger partial charge in [0.2, 0.25) is 0 Å². The van der Waals surface area contributed by atoms with Crippen LogP contribution in [0.1, 0.15) is 20.8 Å². The highest BCUT2D eigenvalue weighted by Gasteiger charge is 1.89. The summed E-state index contributed by atoms with van der Waals surface area (Å²) in [6.45, 7) is 10.1. The second-order valence-electron chi connectivity index (χ2n) is 1.90. The average molecular weight is 182 g/mol. The molecule has 0 aliphatic heterocycles. The first-order chi connectivity index (χ1) is 5.08. The van der Waals surface area contributed by atoms with Gasteiger partial charge in [-0.05, 0) is 19.6 Å². The minimum atomic E-state index is -2.62. The summed E-state index contributed by atoms with van der Waals surface area (Å²) in [5.41, 5.74) is 0. The lowest BCUT2D eigenvalue weighted by molar-refractivity contribution is 0.321. The van der Waals surface area contributed by atoms with Gasteiger partial charge in [-0.15, -0.1) is 0 Å². The SMILES string of the molecule is CCN(CC)CC.N[SH](=O)=O. The van der Waals surface area contributed by atoms with E-state index >= 15 is 0 Å². The van der Waals surface area contributed by atoms with Crippen molar-refractivity contribution in [1.29, 1.82) is 0 Å². The normalized spacial score (nSPS) is 9.64. The summed E-state index contributed by atoms with van der Waals surface area (Å²) in [4.78, 5) is 2.38. The summed E-state index contributed by atoms with van der Waals surface area (Å²) in [6, 6.07) is 0. The van der Waals surface area contributed by atoms with E-state index < -0.39 is 10.9 Å². The van der Waals surface area contributed by atoms with E-state index in [0.717, 1.165) is 0 Å². The van der Waals surface area contributed by atoms with E-state index in [1.807, 2.05) is 0 Å². The Hall–Kier alpha value is -0.130. The van der Waals surface area contributed by atoms with Crippen LogP contribution in [-0.4, -0.2) is 33.0 Å². The summed E-state index contributed by atoms with van der Waals surface area (Å²) >= 11 is 0. The van der Waals surface area contributed by atoms with Crippen LogP contribution in [0.4, 0.5) is 0 Å².